The molecule has 0 fully saturated rings. The largest absolute Gasteiger partial charge is 0.396 e. The number of aryl methyl sites for hydroxylation is 2. The SMILES string of the molecule is CNC(=S)N(CCCO)Cc1cc2ccc(C)c(C)c2[nH]c1=O. The molecule has 0 bridgehead atoms. The zero-order valence-electron chi connectivity index (χ0n) is 13.8. The molecule has 0 amide bonds. The molecular weight excluding hydrogens is 310 g/mol. The summed E-state index contributed by atoms with van der Waals surface area (Å²) in [5.41, 5.74) is 3.70. The Labute approximate surface area is 141 Å². The highest BCUT2D eigenvalue weighted by Crippen LogP contribution is 2.19. The Morgan fingerprint density at radius 1 is 1.39 bits per heavy atom. The molecule has 2 aromatic rings. The zero-order valence-corrected chi connectivity index (χ0v) is 14.6. The van der Waals surface area contributed by atoms with Crippen LogP contribution in [0.25, 0.3) is 10.9 Å². The summed E-state index contributed by atoms with van der Waals surface area (Å²) in [6.45, 7) is 5.15. The number of pyridine rings is 1. The Kier molecular flexibility index (Phi) is 5.74. The van der Waals surface area contributed by atoms with Crippen molar-refractivity contribution in [1.29, 1.82) is 0 Å². The summed E-state index contributed by atoms with van der Waals surface area (Å²) in [6, 6.07) is 6.00. The first-order valence-electron chi connectivity index (χ1n) is 7.67. The van der Waals surface area contributed by atoms with Gasteiger partial charge in [-0.3, -0.25) is 4.79 Å². The van der Waals surface area contributed by atoms with E-state index in [9.17, 15) is 4.79 Å². The second-order valence-electron chi connectivity index (χ2n) is 5.65. The molecule has 0 atom stereocenters. The molecule has 3 N–H and O–H groups in total. The van der Waals surface area contributed by atoms with Gasteiger partial charge in [-0.1, -0.05) is 12.1 Å². The van der Waals surface area contributed by atoms with Crippen LogP contribution in [0.4, 0.5) is 0 Å². The lowest BCUT2D eigenvalue weighted by molar-refractivity contribution is 0.264. The number of nitrogens with zero attached hydrogens (tertiary/aromatic N) is 1. The second-order valence-corrected chi connectivity index (χ2v) is 6.04. The summed E-state index contributed by atoms with van der Waals surface area (Å²) in [5, 5.41) is 13.5. The van der Waals surface area contributed by atoms with Crippen molar-refractivity contribution in [2.75, 3.05) is 20.2 Å². The van der Waals surface area contributed by atoms with Crippen molar-refractivity contribution < 1.29 is 5.11 Å². The molecule has 0 spiro atoms. The fraction of sp³-hybridized carbons (Fsp3) is 0.412. The topological polar surface area (TPSA) is 68.4 Å². The molecule has 1 aromatic heterocycles. The normalized spacial score (nSPS) is 10.8. The maximum absolute atomic E-state index is 12.4. The second kappa shape index (κ2) is 7.57. The number of nitrogens with one attached hydrogen (secondary N) is 2. The van der Waals surface area contributed by atoms with Gasteiger partial charge in [0.2, 0.25) is 0 Å². The van der Waals surface area contributed by atoms with Gasteiger partial charge in [-0.25, -0.2) is 0 Å². The summed E-state index contributed by atoms with van der Waals surface area (Å²) in [5.74, 6) is 0. The number of aromatic amines is 1. The predicted molar refractivity (Wildman–Crippen MR) is 97.8 cm³/mol. The molecule has 0 radical (unpaired) electrons. The van der Waals surface area contributed by atoms with Gasteiger partial charge in [0.1, 0.15) is 0 Å². The highest BCUT2D eigenvalue weighted by molar-refractivity contribution is 7.80. The van der Waals surface area contributed by atoms with E-state index in [-0.39, 0.29) is 12.2 Å². The molecule has 1 heterocycles. The van der Waals surface area contributed by atoms with E-state index in [1.54, 1.807) is 7.05 Å². The Bertz CT molecular complexity index is 770. The maximum atomic E-state index is 12.4. The Morgan fingerprint density at radius 3 is 2.78 bits per heavy atom. The number of benzene rings is 1. The Balaban J connectivity index is 2.38. The first-order valence-corrected chi connectivity index (χ1v) is 8.08. The molecule has 0 aliphatic carbocycles. The molecule has 6 heteroatoms. The minimum absolute atomic E-state index is 0.0926. The van der Waals surface area contributed by atoms with Crippen molar-refractivity contribution in [1.82, 2.24) is 15.2 Å². The number of hydrogen-bond donors (Lipinski definition) is 3. The molecule has 23 heavy (non-hydrogen) atoms. The molecule has 0 aliphatic heterocycles. The Morgan fingerprint density at radius 2 is 2.13 bits per heavy atom. The van der Waals surface area contributed by atoms with Crippen LogP contribution in [-0.4, -0.2) is 40.3 Å². The standard InChI is InChI=1S/C17H23N3O2S/c1-11-5-6-13-9-14(16(22)19-15(13)12(11)2)10-20(7-4-8-21)17(23)18-3/h5-6,9,21H,4,7-8,10H2,1-3H3,(H,18,23)(H,19,22). The van der Waals surface area contributed by atoms with E-state index in [0.29, 0.717) is 30.2 Å². The van der Waals surface area contributed by atoms with Crippen LogP contribution >= 0.6 is 12.2 Å². The molecular formula is C17H23N3O2S. The van der Waals surface area contributed by atoms with Gasteiger partial charge in [-0.2, -0.15) is 0 Å². The van der Waals surface area contributed by atoms with Crippen molar-refractivity contribution in [3.05, 3.63) is 45.2 Å². The van der Waals surface area contributed by atoms with E-state index < -0.39 is 0 Å². The summed E-state index contributed by atoms with van der Waals surface area (Å²) >= 11 is 5.29. The number of aromatic nitrogens is 1. The van der Waals surface area contributed by atoms with Gasteiger partial charge in [0, 0.05) is 25.8 Å². The van der Waals surface area contributed by atoms with Gasteiger partial charge < -0.3 is 20.3 Å². The molecule has 0 saturated carbocycles. The molecule has 1 aromatic carbocycles. The van der Waals surface area contributed by atoms with Crippen LogP contribution in [-0.2, 0) is 6.54 Å². The quantitative estimate of drug-likeness (QED) is 0.729. The summed E-state index contributed by atoms with van der Waals surface area (Å²) in [4.78, 5) is 17.3. The third kappa shape index (κ3) is 3.89. The minimum atomic E-state index is -0.0981. The van der Waals surface area contributed by atoms with E-state index in [0.717, 1.165) is 22.0 Å². The lowest BCUT2D eigenvalue weighted by Crippen LogP contribution is -2.39. The number of thiocarbonyl (C=S) groups is 1. The van der Waals surface area contributed by atoms with Crippen LogP contribution in [0.15, 0.2) is 23.0 Å². The van der Waals surface area contributed by atoms with Crippen molar-refractivity contribution in [3.8, 4) is 0 Å². The van der Waals surface area contributed by atoms with Crippen LogP contribution in [0.2, 0.25) is 0 Å². The maximum Gasteiger partial charge on any atom is 0.253 e. The summed E-state index contributed by atoms with van der Waals surface area (Å²) < 4.78 is 0. The molecule has 0 aliphatic rings. The van der Waals surface area contributed by atoms with Crippen LogP contribution < -0.4 is 10.9 Å². The fourth-order valence-electron chi connectivity index (χ4n) is 2.57. The van der Waals surface area contributed by atoms with E-state index >= 15 is 0 Å². The minimum Gasteiger partial charge on any atom is -0.396 e. The average Bonchev–Trinajstić information content (AvgIpc) is 2.55. The number of H-pyrrole nitrogens is 1. The number of aliphatic hydroxyl groups is 1. The summed E-state index contributed by atoms with van der Waals surface area (Å²) in [6.07, 6.45) is 0.603. The number of fused-ring (bicyclic) bond motifs is 1. The number of aliphatic hydroxyl groups excluding tert-OH is 1. The van der Waals surface area contributed by atoms with Gasteiger partial charge in [-0.15, -0.1) is 0 Å². The van der Waals surface area contributed by atoms with E-state index in [1.165, 1.54) is 0 Å². The smallest absolute Gasteiger partial charge is 0.253 e. The van der Waals surface area contributed by atoms with Crippen molar-refractivity contribution in [2.24, 2.45) is 0 Å². The molecule has 0 saturated heterocycles. The van der Waals surface area contributed by atoms with Gasteiger partial charge in [0.25, 0.3) is 5.56 Å². The number of rotatable bonds is 5. The fourth-order valence-corrected chi connectivity index (χ4v) is 2.72. The first-order chi connectivity index (χ1) is 11.0. The van der Waals surface area contributed by atoms with E-state index in [4.69, 9.17) is 17.3 Å². The first kappa shape index (κ1) is 17.4. The lowest BCUT2D eigenvalue weighted by Gasteiger charge is -2.24. The monoisotopic (exact) mass is 333 g/mol. The predicted octanol–water partition coefficient (Wildman–Crippen LogP) is 1.83. The van der Waals surface area contributed by atoms with Crippen LogP contribution in [0, 0.1) is 13.8 Å². The van der Waals surface area contributed by atoms with Crippen LogP contribution in [0.3, 0.4) is 0 Å². The third-order valence-corrected chi connectivity index (χ3v) is 4.54. The molecule has 2 rings (SSSR count). The molecule has 0 unspecified atom stereocenters. The average molecular weight is 333 g/mol. The van der Waals surface area contributed by atoms with Crippen molar-refractivity contribution >= 4 is 28.2 Å². The lowest BCUT2D eigenvalue weighted by atomic mass is 10.0. The third-order valence-electron chi connectivity index (χ3n) is 4.08. The van der Waals surface area contributed by atoms with Gasteiger partial charge in [0.15, 0.2) is 5.11 Å². The highest BCUT2D eigenvalue weighted by atomic mass is 32.1. The zero-order chi connectivity index (χ0) is 17.0. The highest BCUT2D eigenvalue weighted by Gasteiger charge is 2.13. The van der Waals surface area contributed by atoms with Gasteiger partial charge >= 0.3 is 0 Å². The molecule has 5 nitrogen and oxygen atoms in total. The van der Waals surface area contributed by atoms with E-state index in [1.807, 2.05) is 30.9 Å². The van der Waals surface area contributed by atoms with Gasteiger partial charge in [0.05, 0.1) is 12.1 Å². The van der Waals surface area contributed by atoms with Crippen LogP contribution in [0.5, 0.6) is 0 Å². The number of hydrogen-bond acceptors (Lipinski definition) is 3. The van der Waals surface area contributed by atoms with Gasteiger partial charge in [-0.05, 0) is 55.1 Å². The Hall–Kier alpha value is -1.92. The summed E-state index contributed by atoms with van der Waals surface area (Å²) in [7, 11) is 1.75. The van der Waals surface area contributed by atoms with Crippen molar-refractivity contribution in [2.45, 2.75) is 26.8 Å². The van der Waals surface area contributed by atoms with Crippen molar-refractivity contribution in [3.63, 3.8) is 0 Å². The van der Waals surface area contributed by atoms with E-state index in [2.05, 4.69) is 16.4 Å². The van der Waals surface area contributed by atoms with Crippen LogP contribution in [0.1, 0.15) is 23.1 Å². The molecule has 124 valence electrons.